The number of benzene rings is 1. The van der Waals surface area contributed by atoms with E-state index in [4.69, 9.17) is 16.3 Å². The molecule has 0 radical (unpaired) electrons. The highest BCUT2D eigenvalue weighted by Crippen LogP contribution is 2.15. The van der Waals surface area contributed by atoms with E-state index in [0.717, 1.165) is 25.3 Å². The van der Waals surface area contributed by atoms with Crippen molar-refractivity contribution in [3.63, 3.8) is 0 Å². The molecular weight excluding hydrogens is 311 g/mol. The molecule has 6 heteroatoms. The normalized spacial score (nSPS) is 21.2. The summed E-state index contributed by atoms with van der Waals surface area (Å²) in [5, 5.41) is 7.08. The Kier molecular flexibility index (Phi) is 7.86. The van der Waals surface area contributed by atoms with Crippen molar-refractivity contribution >= 4 is 29.9 Å². The molecule has 1 aliphatic rings. The van der Waals surface area contributed by atoms with E-state index in [0.29, 0.717) is 24.0 Å². The van der Waals surface area contributed by atoms with Crippen LogP contribution >= 0.6 is 24.0 Å². The maximum absolute atomic E-state index is 11.9. The van der Waals surface area contributed by atoms with E-state index in [2.05, 4.69) is 17.6 Å². The lowest BCUT2D eigenvalue weighted by Gasteiger charge is -2.30. The number of piperidine rings is 1. The van der Waals surface area contributed by atoms with Crippen molar-refractivity contribution in [3.05, 3.63) is 29.3 Å². The third kappa shape index (κ3) is 6.12. The average Bonchev–Trinajstić information content (AvgIpc) is 2.44. The Morgan fingerprint density at radius 2 is 2.14 bits per heavy atom. The van der Waals surface area contributed by atoms with Crippen LogP contribution in [0, 0.1) is 5.92 Å². The van der Waals surface area contributed by atoms with Crippen LogP contribution in [0.2, 0.25) is 5.02 Å². The van der Waals surface area contributed by atoms with Crippen molar-refractivity contribution in [2.24, 2.45) is 5.92 Å². The fourth-order valence-electron chi connectivity index (χ4n) is 2.30. The highest BCUT2D eigenvalue weighted by atomic mass is 35.5. The van der Waals surface area contributed by atoms with Crippen LogP contribution in [-0.4, -0.2) is 31.6 Å². The van der Waals surface area contributed by atoms with E-state index in [-0.39, 0.29) is 24.4 Å². The van der Waals surface area contributed by atoms with Crippen molar-refractivity contribution in [3.8, 4) is 5.75 Å². The summed E-state index contributed by atoms with van der Waals surface area (Å²) in [6.45, 7) is 4.47. The average molecular weight is 333 g/mol. The van der Waals surface area contributed by atoms with Gasteiger partial charge in [-0.1, -0.05) is 18.5 Å². The predicted molar refractivity (Wildman–Crippen MR) is 87.4 cm³/mol. The SMILES string of the molecule is CC1CNCCC1NC(=O)CCOc1ccc(Cl)cc1.Cl. The van der Waals surface area contributed by atoms with Gasteiger partial charge in [0.1, 0.15) is 5.75 Å². The molecule has 2 atom stereocenters. The number of nitrogens with one attached hydrogen (secondary N) is 2. The lowest BCUT2D eigenvalue weighted by atomic mass is 9.95. The molecular formula is C15H22Cl2N2O2. The van der Waals surface area contributed by atoms with Gasteiger partial charge in [-0.25, -0.2) is 0 Å². The first-order valence-electron chi connectivity index (χ1n) is 7.03. The summed E-state index contributed by atoms with van der Waals surface area (Å²) in [6.07, 6.45) is 1.37. The zero-order valence-electron chi connectivity index (χ0n) is 12.1. The van der Waals surface area contributed by atoms with E-state index >= 15 is 0 Å². The van der Waals surface area contributed by atoms with Crippen LogP contribution in [0.15, 0.2) is 24.3 Å². The van der Waals surface area contributed by atoms with E-state index in [1.54, 1.807) is 24.3 Å². The number of carbonyl (C=O) groups excluding carboxylic acids is 1. The van der Waals surface area contributed by atoms with Crippen LogP contribution in [0.1, 0.15) is 19.8 Å². The molecule has 1 heterocycles. The molecule has 0 aliphatic carbocycles. The summed E-state index contributed by atoms with van der Waals surface area (Å²) in [6, 6.07) is 7.42. The van der Waals surface area contributed by atoms with Gasteiger partial charge in [-0.2, -0.15) is 0 Å². The van der Waals surface area contributed by atoms with Gasteiger partial charge in [-0.3, -0.25) is 4.79 Å². The topological polar surface area (TPSA) is 50.4 Å². The summed E-state index contributed by atoms with van der Waals surface area (Å²) in [5.74, 6) is 1.26. The van der Waals surface area contributed by atoms with Crippen LogP contribution in [0.4, 0.5) is 0 Å². The summed E-state index contributed by atoms with van der Waals surface area (Å²) >= 11 is 5.79. The van der Waals surface area contributed by atoms with Gasteiger partial charge in [-0.05, 0) is 49.7 Å². The van der Waals surface area contributed by atoms with Gasteiger partial charge in [0.05, 0.1) is 13.0 Å². The van der Waals surface area contributed by atoms with E-state index in [1.165, 1.54) is 0 Å². The van der Waals surface area contributed by atoms with Crippen LogP contribution in [0.5, 0.6) is 5.75 Å². The van der Waals surface area contributed by atoms with Gasteiger partial charge in [0.15, 0.2) is 0 Å². The monoisotopic (exact) mass is 332 g/mol. The first-order valence-corrected chi connectivity index (χ1v) is 7.41. The molecule has 1 aromatic carbocycles. The lowest BCUT2D eigenvalue weighted by Crippen LogP contribution is -2.48. The second-order valence-corrected chi connectivity index (χ2v) is 5.63. The zero-order chi connectivity index (χ0) is 14.4. The number of halogens is 2. The minimum atomic E-state index is 0. The molecule has 2 unspecified atom stereocenters. The largest absolute Gasteiger partial charge is 0.493 e. The Hall–Kier alpha value is -0.970. The quantitative estimate of drug-likeness (QED) is 0.871. The van der Waals surface area contributed by atoms with Gasteiger partial charge >= 0.3 is 0 Å². The van der Waals surface area contributed by atoms with Crippen molar-refractivity contribution < 1.29 is 9.53 Å². The number of hydrogen-bond acceptors (Lipinski definition) is 3. The summed E-state index contributed by atoms with van der Waals surface area (Å²) in [4.78, 5) is 11.9. The van der Waals surface area contributed by atoms with Crippen LogP contribution < -0.4 is 15.4 Å². The van der Waals surface area contributed by atoms with Crippen molar-refractivity contribution in [2.75, 3.05) is 19.7 Å². The summed E-state index contributed by atoms with van der Waals surface area (Å²) in [5.41, 5.74) is 0. The molecule has 21 heavy (non-hydrogen) atoms. The standard InChI is InChI=1S/C15H21ClN2O2.ClH/c1-11-10-17-8-6-14(11)18-15(19)7-9-20-13-4-2-12(16)3-5-13;/h2-5,11,14,17H,6-10H2,1H3,(H,18,19);1H. The molecule has 1 saturated heterocycles. The Labute approximate surface area is 137 Å². The highest BCUT2D eigenvalue weighted by Gasteiger charge is 2.22. The maximum atomic E-state index is 11.9. The number of hydrogen-bond donors (Lipinski definition) is 2. The van der Waals surface area contributed by atoms with E-state index in [1.807, 2.05) is 0 Å². The van der Waals surface area contributed by atoms with Gasteiger partial charge in [-0.15, -0.1) is 12.4 Å². The fourth-order valence-corrected chi connectivity index (χ4v) is 2.43. The molecule has 4 nitrogen and oxygen atoms in total. The summed E-state index contributed by atoms with van der Waals surface area (Å²) < 4.78 is 5.52. The molecule has 0 aromatic heterocycles. The number of carbonyl (C=O) groups is 1. The second-order valence-electron chi connectivity index (χ2n) is 5.20. The molecule has 2 N–H and O–H groups in total. The Bertz CT molecular complexity index is 440. The zero-order valence-corrected chi connectivity index (χ0v) is 13.7. The van der Waals surface area contributed by atoms with Crippen LogP contribution in [0.3, 0.4) is 0 Å². The van der Waals surface area contributed by atoms with Crippen molar-refractivity contribution in [1.29, 1.82) is 0 Å². The van der Waals surface area contributed by atoms with Crippen molar-refractivity contribution in [2.45, 2.75) is 25.8 Å². The molecule has 2 rings (SSSR count). The number of ether oxygens (including phenoxy) is 1. The molecule has 0 spiro atoms. The van der Waals surface area contributed by atoms with E-state index < -0.39 is 0 Å². The minimum absolute atomic E-state index is 0. The van der Waals surface area contributed by atoms with Gasteiger partial charge in [0.2, 0.25) is 5.91 Å². The molecule has 1 fully saturated rings. The molecule has 1 amide bonds. The Balaban J connectivity index is 0.00000220. The third-order valence-corrected chi connectivity index (χ3v) is 3.80. The maximum Gasteiger partial charge on any atom is 0.223 e. The number of rotatable bonds is 5. The van der Waals surface area contributed by atoms with E-state index in [9.17, 15) is 4.79 Å². The Morgan fingerprint density at radius 1 is 1.43 bits per heavy atom. The smallest absolute Gasteiger partial charge is 0.223 e. The molecule has 0 saturated carbocycles. The van der Waals surface area contributed by atoms with Gasteiger partial charge in [0.25, 0.3) is 0 Å². The minimum Gasteiger partial charge on any atom is -0.493 e. The molecule has 1 aliphatic heterocycles. The Morgan fingerprint density at radius 3 is 2.81 bits per heavy atom. The summed E-state index contributed by atoms with van der Waals surface area (Å²) in [7, 11) is 0. The first kappa shape index (κ1) is 18.1. The number of amides is 1. The predicted octanol–water partition coefficient (Wildman–Crippen LogP) is 2.64. The molecule has 0 bridgehead atoms. The van der Waals surface area contributed by atoms with Crippen molar-refractivity contribution in [1.82, 2.24) is 10.6 Å². The second kappa shape index (κ2) is 9.13. The van der Waals surface area contributed by atoms with Gasteiger partial charge in [0, 0.05) is 11.1 Å². The highest BCUT2D eigenvalue weighted by molar-refractivity contribution is 6.30. The first-order chi connectivity index (χ1) is 9.65. The molecule has 118 valence electrons. The van der Waals surface area contributed by atoms with Crippen LogP contribution in [0.25, 0.3) is 0 Å². The molecule has 1 aromatic rings. The van der Waals surface area contributed by atoms with Crippen LogP contribution in [-0.2, 0) is 4.79 Å². The lowest BCUT2D eigenvalue weighted by molar-refractivity contribution is -0.122. The fraction of sp³-hybridized carbons (Fsp3) is 0.533. The third-order valence-electron chi connectivity index (χ3n) is 3.54. The van der Waals surface area contributed by atoms with Gasteiger partial charge < -0.3 is 15.4 Å².